The minimum atomic E-state index is -3.70. The van der Waals surface area contributed by atoms with Gasteiger partial charge in [-0.2, -0.15) is 0 Å². The maximum absolute atomic E-state index is 12.3. The Morgan fingerprint density at radius 3 is 2.83 bits per heavy atom. The number of hydrogen-bond acceptors (Lipinski definition) is 7. The lowest BCUT2D eigenvalue weighted by atomic mass is 10.2. The molecule has 0 bridgehead atoms. The van der Waals surface area contributed by atoms with Gasteiger partial charge in [-0.25, -0.2) is 18.1 Å². The van der Waals surface area contributed by atoms with E-state index in [1.165, 1.54) is 0 Å². The minimum Gasteiger partial charge on any atom is -0.459 e. The fourth-order valence-corrected chi connectivity index (χ4v) is 4.86. The first kappa shape index (κ1) is 17.1. The molecule has 0 radical (unpaired) electrons. The van der Waals surface area contributed by atoms with E-state index in [0.717, 1.165) is 17.1 Å². The fraction of sp³-hybridized carbons (Fsp3) is 0.467. The SMILES string of the molecule is Cc1ccc(-c2nc(C)c(C(=O)NS(=O)(=O)CC3CCOC3)s2)o1. The van der Waals surface area contributed by atoms with Crippen LogP contribution in [0.25, 0.3) is 10.8 Å². The maximum atomic E-state index is 12.3. The van der Waals surface area contributed by atoms with Gasteiger partial charge in [-0.3, -0.25) is 4.79 Å². The molecule has 1 atom stereocenters. The van der Waals surface area contributed by atoms with Gasteiger partial charge in [0.15, 0.2) is 10.8 Å². The molecule has 1 unspecified atom stereocenters. The van der Waals surface area contributed by atoms with Crippen LogP contribution < -0.4 is 4.72 Å². The zero-order valence-corrected chi connectivity index (χ0v) is 15.0. The summed E-state index contributed by atoms with van der Waals surface area (Å²) in [6.45, 7) is 4.46. The summed E-state index contributed by atoms with van der Waals surface area (Å²) < 4.78 is 37.1. The van der Waals surface area contributed by atoms with Crippen LogP contribution in [-0.2, 0) is 14.8 Å². The Morgan fingerprint density at radius 2 is 2.21 bits per heavy atom. The molecule has 1 fully saturated rings. The lowest BCUT2D eigenvalue weighted by Gasteiger charge is -2.09. The summed E-state index contributed by atoms with van der Waals surface area (Å²) in [6, 6.07) is 3.58. The zero-order valence-electron chi connectivity index (χ0n) is 13.4. The first-order chi connectivity index (χ1) is 11.3. The van der Waals surface area contributed by atoms with Crippen molar-refractivity contribution < 1.29 is 22.4 Å². The van der Waals surface area contributed by atoms with E-state index in [-0.39, 0.29) is 16.5 Å². The van der Waals surface area contributed by atoms with Crippen molar-refractivity contribution in [3.05, 3.63) is 28.5 Å². The number of amides is 1. The van der Waals surface area contributed by atoms with Gasteiger partial charge in [0.05, 0.1) is 18.1 Å². The highest BCUT2D eigenvalue weighted by Crippen LogP contribution is 2.29. The zero-order chi connectivity index (χ0) is 17.3. The smallest absolute Gasteiger partial charge is 0.276 e. The second-order valence-electron chi connectivity index (χ2n) is 5.79. The summed E-state index contributed by atoms with van der Waals surface area (Å²) in [5.74, 6) is 0.467. The number of aryl methyl sites for hydroxylation is 2. The highest BCUT2D eigenvalue weighted by Gasteiger charge is 2.26. The van der Waals surface area contributed by atoms with Gasteiger partial charge >= 0.3 is 0 Å². The van der Waals surface area contributed by atoms with Crippen molar-refractivity contribution in [1.82, 2.24) is 9.71 Å². The molecule has 3 heterocycles. The highest BCUT2D eigenvalue weighted by molar-refractivity contribution is 7.90. The molecule has 130 valence electrons. The van der Waals surface area contributed by atoms with Crippen LogP contribution in [0.15, 0.2) is 16.5 Å². The van der Waals surface area contributed by atoms with Gasteiger partial charge in [-0.1, -0.05) is 0 Å². The number of carbonyl (C=O) groups excluding carboxylic acids is 1. The number of carbonyl (C=O) groups is 1. The van der Waals surface area contributed by atoms with E-state index in [2.05, 4.69) is 9.71 Å². The standard InChI is InChI=1S/C15H18N2O5S2/c1-9-3-4-12(22-9)15-16-10(2)13(23-15)14(18)17-24(19,20)8-11-5-6-21-7-11/h3-4,11H,5-8H2,1-2H3,(H,17,18). The second kappa shape index (κ2) is 6.66. The topological polar surface area (TPSA) is 98.5 Å². The molecular formula is C15H18N2O5S2. The molecule has 2 aromatic heterocycles. The summed E-state index contributed by atoms with van der Waals surface area (Å²) in [7, 11) is -3.70. The average molecular weight is 370 g/mol. The summed E-state index contributed by atoms with van der Waals surface area (Å²) in [4.78, 5) is 16.9. The van der Waals surface area contributed by atoms with Crippen LogP contribution in [0.2, 0.25) is 0 Å². The fourth-order valence-electron chi connectivity index (χ4n) is 2.52. The summed E-state index contributed by atoms with van der Waals surface area (Å²) in [5, 5.41) is 0.548. The molecule has 0 spiro atoms. The van der Waals surface area contributed by atoms with E-state index in [4.69, 9.17) is 9.15 Å². The third-order valence-corrected chi connectivity index (χ3v) is 6.26. The van der Waals surface area contributed by atoms with Crippen molar-refractivity contribution in [2.75, 3.05) is 19.0 Å². The summed E-state index contributed by atoms with van der Waals surface area (Å²) in [6.07, 6.45) is 0.691. The van der Waals surface area contributed by atoms with Crippen molar-refractivity contribution in [2.45, 2.75) is 20.3 Å². The molecule has 1 amide bonds. The van der Waals surface area contributed by atoms with E-state index in [1.54, 1.807) is 19.1 Å². The van der Waals surface area contributed by atoms with E-state index < -0.39 is 15.9 Å². The van der Waals surface area contributed by atoms with Crippen molar-refractivity contribution in [3.8, 4) is 10.8 Å². The molecule has 0 aliphatic carbocycles. The van der Waals surface area contributed by atoms with E-state index in [1.807, 2.05) is 6.92 Å². The van der Waals surface area contributed by atoms with Crippen molar-refractivity contribution in [2.24, 2.45) is 5.92 Å². The Kier molecular flexibility index (Phi) is 4.75. The Bertz CT molecular complexity index is 847. The van der Waals surface area contributed by atoms with Gasteiger partial charge in [0.2, 0.25) is 10.0 Å². The molecule has 7 nitrogen and oxygen atoms in total. The molecule has 0 aromatic carbocycles. The quantitative estimate of drug-likeness (QED) is 0.865. The molecule has 0 saturated carbocycles. The molecular weight excluding hydrogens is 352 g/mol. The number of thiazole rings is 1. The van der Waals surface area contributed by atoms with Crippen molar-refractivity contribution in [3.63, 3.8) is 0 Å². The Hall–Kier alpha value is -1.71. The monoisotopic (exact) mass is 370 g/mol. The summed E-state index contributed by atoms with van der Waals surface area (Å²) in [5.41, 5.74) is 0.473. The van der Waals surface area contributed by atoms with Crippen molar-refractivity contribution >= 4 is 27.3 Å². The van der Waals surface area contributed by atoms with Crippen LogP contribution in [0.5, 0.6) is 0 Å². The third-order valence-electron chi connectivity index (χ3n) is 3.68. The van der Waals surface area contributed by atoms with Crippen LogP contribution in [0, 0.1) is 19.8 Å². The van der Waals surface area contributed by atoms with Gasteiger partial charge in [-0.05, 0) is 32.4 Å². The van der Waals surface area contributed by atoms with Gasteiger partial charge in [-0.15, -0.1) is 11.3 Å². The minimum absolute atomic E-state index is 0.0699. The summed E-state index contributed by atoms with van der Waals surface area (Å²) >= 11 is 1.11. The van der Waals surface area contributed by atoms with Gasteiger partial charge < -0.3 is 9.15 Å². The molecule has 1 aliphatic rings. The first-order valence-electron chi connectivity index (χ1n) is 7.51. The van der Waals surface area contributed by atoms with E-state index in [9.17, 15) is 13.2 Å². The molecule has 2 aromatic rings. The third kappa shape index (κ3) is 3.85. The van der Waals surface area contributed by atoms with Crippen LogP contribution in [0.1, 0.15) is 27.5 Å². The van der Waals surface area contributed by atoms with E-state index in [0.29, 0.717) is 36.1 Å². The first-order valence-corrected chi connectivity index (χ1v) is 9.98. The van der Waals surface area contributed by atoms with Crippen LogP contribution in [0.4, 0.5) is 0 Å². The largest absolute Gasteiger partial charge is 0.459 e. The number of nitrogens with one attached hydrogen (secondary N) is 1. The molecule has 1 N–H and O–H groups in total. The van der Waals surface area contributed by atoms with Crippen LogP contribution in [0.3, 0.4) is 0 Å². The van der Waals surface area contributed by atoms with Gasteiger partial charge in [0.1, 0.15) is 10.6 Å². The number of ether oxygens (including phenoxy) is 1. The number of hydrogen-bond donors (Lipinski definition) is 1. The number of rotatable bonds is 5. The van der Waals surface area contributed by atoms with Crippen molar-refractivity contribution in [1.29, 1.82) is 0 Å². The maximum Gasteiger partial charge on any atom is 0.276 e. The number of aromatic nitrogens is 1. The normalized spacial score (nSPS) is 18.0. The number of sulfonamides is 1. The molecule has 3 rings (SSSR count). The van der Waals surface area contributed by atoms with Gasteiger partial charge in [0, 0.05) is 12.5 Å². The molecule has 1 aliphatic heterocycles. The Morgan fingerprint density at radius 1 is 1.42 bits per heavy atom. The lowest BCUT2D eigenvalue weighted by molar-refractivity contribution is 0.0984. The number of nitrogens with zero attached hydrogens (tertiary/aromatic N) is 1. The lowest BCUT2D eigenvalue weighted by Crippen LogP contribution is -2.34. The van der Waals surface area contributed by atoms with Gasteiger partial charge in [0.25, 0.3) is 5.91 Å². The molecule has 1 saturated heterocycles. The molecule has 9 heteroatoms. The Labute approximate surface area is 144 Å². The van der Waals surface area contributed by atoms with Crippen LogP contribution in [-0.4, -0.2) is 38.3 Å². The second-order valence-corrected chi connectivity index (χ2v) is 8.55. The predicted octanol–water partition coefficient (Wildman–Crippen LogP) is 2.12. The Balaban J connectivity index is 1.74. The van der Waals surface area contributed by atoms with Crippen LogP contribution >= 0.6 is 11.3 Å². The average Bonchev–Trinajstić information content (AvgIpc) is 3.19. The predicted molar refractivity (Wildman–Crippen MR) is 89.5 cm³/mol. The number of furan rings is 1. The van der Waals surface area contributed by atoms with E-state index >= 15 is 0 Å². The highest BCUT2D eigenvalue weighted by atomic mass is 32.2. The molecule has 24 heavy (non-hydrogen) atoms.